The molecule has 282 valence electrons. The van der Waals surface area contributed by atoms with Crippen molar-refractivity contribution in [2.75, 3.05) is 0 Å². The topological polar surface area (TPSA) is 69.2 Å². The summed E-state index contributed by atoms with van der Waals surface area (Å²) in [5, 5.41) is 5.01. The Morgan fingerprint density at radius 2 is 0.364 bits per heavy atom. The van der Waals surface area contributed by atoms with Gasteiger partial charge in [0.05, 0.1) is 0 Å². The van der Waals surface area contributed by atoms with E-state index >= 15 is 0 Å². The summed E-state index contributed by atoms with van der Waals surface area (Å²) in [5.74, 6) is 0. The van der Waals surface area contributed by atoms with E-state index in [-0.39, 0.29) is 32.5 Å². The monoisotopic (exact) mass is 792 g/mol. The van der Waals surface area contributed by atoms with Gasteiger partial charge in [0.1, 0.15) is 0 Å². The third kappa shape index (κ3) is 10.2. The maximum Gasteiger partial charge on any atom is 3.00 e. The number of rotatable bonds is 6. The van der Waals surface area contributed by atoms with Gasteiger partial charge in [-0.05, 0) is 15.1 Å². The number of hydrogen-bond acceptors (Lipinski definition) is 3. The summed E-state index contributed by atoms with van der Waals surface area (Å²) in [4.78, 5) is 41.0. The summed E-state index contributed by atoms with van der Waals surface area (Å²) in [6.45, 7) is 18.6. The van der Waals surface area contributed by atoms with Crippen LogP contribution in [0.1, 0.15) is 62.3 Å². The van der Waals surface area contributed by atoms with Crippen LogP contribution < -0.4 is 45.5 Å². The summed E-state index contributed by atoms with van der Waals surface area (Å²) >= 11 is 0. The first-order valence-corrected chi connectivity index (χ1v) is 24.6. The summed E-state index contributed by atoms with van der Waals surface area (Å²) in [7, 11) is -8.86. The molecule has 0 spiro atoms. The van der Waals surface area contributed by atoms with E-state index in [0.29, 0.717) is 0 Å². The first-order chi connectivity index (χ1) is 25.4. The van der Waals surface area contributed by atoms with Crippen LogP contribution in [-0.2, 0) is 0 Å². The molecule has 0 unspecified atom stereocenters. The molecule has 7 heteroatoms. The predicted molar refractivity (Wildman–Crippen MR) is 239 cm³/mol. The minimum atomic E-state index is -2.95. The molecule has 3 nitrogen and oxygen atoms in total. The van der Waals surface area contributed by atoms with Crippen molar-refractivity contribution >= 4 is 73.4 Å². The summed E-state index contributed by atoms with van der Waals surface area (Å²) < 4.78 is 0. The van der Waals surface area contributed by atoms with Crippen LogP contribution in [0.4, 0.5) is 0 Å². The number of benzene rings is 6. The van der Waals surface area contributed by atoms with Crippen molar-refractivity contribution in [2.24, 2.45) is 0 Å². The SMILES string of the molecule is CC(C)(C)[Si]([O-])(c1ccccc1)c1ccccc1.CC(C)(C)[Si]([O-])(c1ccccc1)c1ccccc1.CC(C)(C)[Si]([O-])(c1ccccc1)c1ccccc1.[Al+3]. The molecule has 55 heavy (non-hydrogen) atoms. The average molecular weight is 793 g/mol. The summed E-state index contributed by atoms with van der Waals surface area (Å²) in [6.07, 6.45) is 0. The van der Waals surface area contributed by atoms with Gasteiger partial charge in [0.2, 0.25) is 0 Å². The smallest absolute Gasteiger partial charge is 0.851 e. The Morgan fingerprint density at radius 1 is 0.255 bits per heavy atom. The van der Waals surface area contributed by atoms with Gasteiger partial charge in [0.15, 0.2) is 0 Å². The van der Waals surface area contributed by atoms with Crippen LogP contribution in [-0.4, -0.2) is 42.3 Å². The molecule has 0 fully saturated rings. The van der Waals surface area contributed by atoms with Gasteiger partial charge < -0.3 is 14.4 Å². The Morgan fingerprint density at radius 3 is 0.455 bits per heavy atom. The molecule has 0 atom stereocenters. The van der Waals surface area contributed by atoms with Gasteiger partial charge in [-0.2, -0.15) is 0 Å². The largest absolute Gasteiger partial charge is 3.00 e. The average Bonchev–Trinajstić information content (AvgIpc) is 3.18. The predicted octanol–water partition coefficient (Wildman–Crippen LogP) is 5.34. The fourth-order valence-corrected chi connectivity index (χ4v) is 17.3. The second-order valence-corrected chi connectivity index (χ2v) is 29.0. The second kappa shape index (κ2) is 19.0. The molecular weight excluding hydrogens is 736 g/mol. The Hall–Kier alpha value is -3.62. The molecule has 0 aromatic heterocycles. The van der Waals surface area contributed by atoms with Crippen LogP contribution in [0.5, 0.6) is 0 Å². The minimum absolute atomic E-state index is 0. The first-order valence-electron chi connectivity index (χ1n) is 18.8. The molecule has 0 aliphatic heterocycles. The molecule has 0 heterocycles. The van der Waals surface area contributed by atoms with E-state index in [2.05, 4.69) is 62.3 Å². The summed E-state index contributed by atoms with van der Waals surface area (Å²) in [5.41, 5.74) is 0. The fraction of sp³-hybridized carbons (Fsp3) is 0.250. The molecule has 0 N–H and O–H groups in total. The van der Waals surface area contributed by atoms with Crippen molar-refractivity contribution in [1.82, 2.24) is 0 Å². The zero-order valence-electron chi connectivity index (χ0n) is 34.1. The number of hydrogen-bond donors (Lipinski definition) is 0. The molecule has 0 amide bonds. The molecular formula is C48H57AlO3Si3. The minimum Gasteiger partial charge on any atom is -0.851 e. The Kier molecular flexibility index (Phi) is 15.8. The molecule has 0 aliphatic rings. The Bertz CT molecular complexity index is 1620. The van der Waals surface area contributed by atoms with Crippen molar-refractivity contribution in [3.05, 3.63) is 182 Å². The van der Waals surface area contributed by atoms with Crippen LogP contribution in [0.2, 0.25) is 15.1 Å². The zero-order valence-corrected chi connectivity index (χ0v) is 38.3. The van der Waals surface area contributed by atoms with Crippen molar-refractivity contribution in [3.63, 3.8) is 0 Å². The molecule has 0 saturated carbocycles. The van der Waals surface area contributed by atoms with E-state index in [1.807, 2.05) is 182 Å². The van der Waals surface area contributed by atoms with Gasteiger partial charge in [-0.15, -0.1) is 0 Å². The van der Waals surface area contributed by atoms with Gasteiger partial charge in [-0.25, -0.2) is 0 Å². The summed E-state index contributed by atoms with van der Waals surface area (Å²) in [6, 6.07) is 59.1. The van der Waals surface area contributed by atoms with Crippen molar-refractivity contribution in [1.29, 1.82) is 0 Å². The van der Waals surface area contributed by atoms with Gasteiger partial charge in [0, 0.05) is 25.0 Å². The maximum atomic E-state index is 13.7. The van der Waals surface area contributed by atoms with Crippen LogP contribution in [0.25, 0.3) is 0 Å². The molecule has 0 radical (unpaired) electrons. The van der Waals surface area contributed by atoms with Crippen LogP contribution >= 0.6 is 0 Å². The van der Waals surface area contributed by atoms with E-state index in [9.17, 15) is 14.4 Å². The normalized spacial score (nSPS) is 12.2. The Labute approximate surface area is 345 Å². The Balaban J connectivity index is 0.000000220. The van der Waals surface area contributed by atoms with E-state index in [1.165, 1.54) is 0 Å². The molecule has 0 bridgehead atoms. The van der Waals surface area contributed by atoms with Gasteiger partial charge >= 0.3 is 17.4 Å². The van der Waals surface area contributed by atoms with Crippen LogP contribution in [0.3, 0.4) is 0 Å². The van der Waals surface area contributed by atoms with Crippen molar-refractivity contribution in [2.45, 2.75) is 77.4 Å². The third-order valence-corrected chi connectivity index (χ3v) is 23.5. The van der Waals surface area contributed by atoms with Gasteiger partial charge in [-0.3, -0.25) is 0 Å². The van der Waals surface area contributed by atoms with Gasteiger partial charge in [-0.1, -0.05) is 275 Å². The van der Waals surface area contributed by atoms with E-state index in [1.54, 1.807) is 0 Å². The van der Waals surface area contributed by atoms with E-state index in [0.717, 1.165) is 31.1 Å². The van der Waals surface area contributed by atoms with Crippen LogP contribution in [0, 0.1) is 0 Å². The molecule has 6 aromatic carbocycles. The van der Waals surface area contributed by atoms with Crippen molar-refractivity contribution < 1.29 is 14.4 Å². The molecule has 6 aromatic rings. The fourth-order valence-electron chi connectivity index (χ4n) is 7.14. The van der Waals surface area contributed by atoms with Crippen LogP contribution in [0.15, 0.2) is 182 Å². The van der Waals surface area contributed by atoms with E-state index < -0.39 is 25.0 Å². The van der Waals surface area contributed by atoms with E-state index in [4.69, 9.17) is 0 Å². The molecule has 0 aliphatic carbocycles. The zero-order chi connectivity index (χ0) is 39.7. The first kappa shape index (κ1) is 45.8. The van der Waals surface area contributed by atoms with Gasteiger partial charge in [0.25, 0.3) is 0 Å². The molecule has 6 rings (SSSR count). The quantitative estimate of drug-likeness (QED) is 0.214. The maximum absolute atomic E-state index is 13.7. The third-order valence-electron chi connectivity index (χ3n) is 10.3. The second-order valence-electron chi connectivity index (χ2n) is 17.0. The van der Waals surface area contributed by atoms with Crippen molar-refractivity contribution in [3.8, 4) is 0 Å². The molecule has 0 saturated heterocycles. The standard InChI is InChI=1S/3C16H19OSi.Al/c3*1-16(2,3)18(17,14-10-6-4-7-11-14)15-12-8-5-9-13-15;/h3*4-13H,1-3H3;/q3*-1;+3.